The molecule has 0 unspecified atom stereocenters. The molecule has 116 valence electrons. The first-order valence-corrected chi connectivity index (χ1v) is 7.24. The number of benzene rings is 1. The average Bonchev–Trinajstić information content (AvgIpc) is 2.96. The lowest BCUT2D eigenvalue weighted by molar-refractivity contribution is 0.101. The Bertz CT molecular complexity index is 661. The lowest BCUT2D eigenvalue weighted by Gasteiger charge is -2.17. The summed E-state index contributed by atoms with van der Waals surface area (Å²) < 4.78 is 32.5. The van der Waals surface area contributed by atoms with Crippen LogP contribution >= 0.6 is 0 Å². The molecule has 3 rings (SSSR count). The Labute approximate surface area is 125 Å². The Hall–Kier alpha value is -2.31. The lowest BCUT2D eigenvalue weighted by Crippen LogP contribution is -2.16. The standard InChI is InChI=1S/C15H15F2N3O2/c16-10-7-4-8-11(17)12(10)13(21)18-15-20-19-14(22-15)9-5-2-1-3-6-9/h4,7-9H,1-3,5-6H2,(H,18,20,21). The number of nitrogens with zero attached hydrogens (tertiary/aromatic N) is 2. The van der Waals surface area contributed by atoms with Gasteiger partial charge in [-0.1, -0.05) is 30.4 Å². The number of carbonyl (C=O) groups is 1. The lowest BCUT2D eigenvalue weighted by atomic mass is 9.89. The molecule has 1 aromatic heterocycles. The van der Waals surface area contributed by atoms with Crippen molar-refractivity contribution in [3.63, 3.8) is 0 Å². The molecule has 1 heterocycles. The number of hydrogen-bond donors (Lipinski definition) is 1. The SMILES string of the molecule is O=C(Nc1nnc(C2CCCCC2)o1)c1c(F)cccc1F. The number of rotatable bonds is 3. The van der Waals surface area contributed by atoms with Crippen molar-refractivity contribution < 1.29 is 18.0 Å². The zero-order valence-corrected chi connectivity index (χ0v) is 11.8. The zero-order chi connectivity index (χ0) is 15.5. The van der Waals surface area contributed by atoms with E-state index in [4.69, 9.17) is 4.42 Å². The van der Waals surface area contributed by atoms with Crippen molar-refractivity contribution in [2.45, 2.75) is 38.0 Å². The first-order chi connectivity index (χ1) is 10.6. The van der Waals surface area contributed by atoms with Crippen LogP contribution in [-0.4, -0.2) is 16.1 Å². The van der Waals surface area contributed by atoms with Crippen molar-refractivity contribution in [2.24, 2.45) is 0 Å². The fourth-order valence-electron chi connectivity index (χ4n) is 2.67. The average molecular weight is 307 g/mol. The summed E-state index contributed by atoms with van der Waals surface area (Å²) in [6, 6.07) is 3.07. The van der Waals surface area contributed by atoms with Gasteiger partial charge in [0.2, 0.25) is 5.89 Å². The quantitative estimate of drug-likeness (QED) is 0.940. The summed E-state index contributed by atoms with van der Waals surface area (Å²) in [4.78, 5) is 11.9. The molecule has 2 aromatic rings. The molecule has 0 spiro atoms. The minimum atomic E-state index is -0.950. The van der Waals surface area contributed by atoms with Crippen LogP contribution in [0.25, 0.3) is 0 Å². The van der Waals surface area contributed by atoms with Gasteiger partial charge in [-0.25, -0.2) is 8.78 Å². The van der Waals surface area contributed by atoms with Crippen LogP contribution in [0.1, 0.15) is 54.3 Å². The largest absolute Gasteiger partial charge is 0.408 e. The van der Waals surface area contributed by atoms with Crippen LogP contribution in [-0.2, 0) is 0 Å². The van der Waals surface area contributed by atoms with Crippen LogP contribution in [0.2, 0.25) is 0 Å². The maximum absolute atomic E-state index is 13.5. The molecular formula is C15H15F2N3O2. The molecule has 1 amide bonds. The van der Waals surface area contributed by atoms with Crippen molar-refractivity contribution in [3.05, 3.63) is 41.3 Å². The van der Waals surface area contributed by atoms with Gasteiger partial charge >= 0.3 is 6.01 Å². The third kappa shape index (κ3) is 2.98. The fourth-order valence-corrected chi connectivity index (χ4v) is 2.67. The molecule has 1 aromatic carbocycles. The summed E-state index contributed by atoms with van der Waals surface area (Å²) in [7, 11) is 0. The van der Waals surface area contributed by atoms with Gasteiger partial charge in [0.05, 0.1) is 0 Å². The molecule has 22 heavy (non-hydrogen) atoms. The minimum absolute atomic E-state index is 0.145. The Balaban J connectivity index is 1.73. The number of carbonyl (C=O) groups excluding carboxylic acids is 1. The van der Waals surface area contributed by atoms with Gasteiger partial charge < -0.3 is 4.42 Å². The van der Waals surface area contributed by atoms with Gasteiger partial charge in [0.1, 0.15) is 17.2 Å². The zero-order valence-electron chi connectivity index (χ0n) is 11.8. The van der Waals surface area contributed by atoms with E-state index in [-0.39, 0.29) is 11.9 Å². The molecule has 1 aliphatic carbocycles. The number of nitrogens with one attached hydrogen (secondary N) is 1. The third-order valence-corrected chi connectivity index (χ3v) is 3.81. The van der Waals surface area contributed by atoms with Crippen molar-refractivity contribution in [1.82, 2.24) is 10.2 Å². The first-order valence-electron chi connectivity index (χ1n) is 7.24. The van der Waals surface area contributed by atoms with E-state index in [0.29, 0.717) is 5.89 Å². The summed E-state index contributed by atoms with van der Waals surface area (Å²) >= 11 is 0. The highest BCUT2D eigenvalue weighted by molar-refractivity contribution is 6.03. The second-order valence-corrected chi connectivity index (χ2v) is 5.33. The van der Waals surface area contributed by atoms with Crippen LogP contribution in [0.3, 0.4) is 0 Å². The Morgan fingerprint density at radius 3 is 2.50 bits per heavy atom. The minimum Gasteiger partial charge on any atom is -0.408 e. The van der Waals surface area contributed by atoms with Gasteiger partial charge in [0.15, 0.2) is 0 Å². The highest BCUT2D eigenvalue weighted by Crippen LogP contribution is 2.32. The molecule has 1 N–H and O–H groups in total. The number of amides is 1. The van der Waals surface area contributed by atoms with Crippen molar-refractivity contribution in [1.29, 1.82) is 0 Å². The van der Waals surface area contributed by atoms with Gasteiger partial charge in [-0.3, -0.25) is 10.1 Å². The predicted octanol–water partition coefficient (Wildman–Crippen LogP) is 3.65. The smallest absolute Gasteiger partial charge is 0.322 e. The monoisotopic (exact) mass is 307 g/mol. The number of hydrogen-bond acceptors (Lipinski definition) is 4. The van der Waals surface area contributed by atoms with E-state index in [2.05, 4.69) is 15.5 Å². The Morgan fingerprint density at radius 2 is 1.82 bits per heavy atom. The van der Waals surface area contributed by atoms with Gasteiger partial charge in [-0.2, -0.15) is 0 Å². The number of anilines is 1. The Morgan fingerprint density at radius 1 is 1.14 bits per heavy atom. The second-order valence-electron chi connectivity index (χ2n) is 5.33. The molecule has 0 bridgehead atoms. The molecule has 0 atom stereocenters. The number of aromatic nitrogens is 2. The molecule has 7 heteroatoms. The molecule has 0 aliphatic heterocycles. The van der Waals surface area contributed by atoms with Crippen LogP contribution in [0.15, 0.2) is 22.6 Å². The highest BCUT2D eigenvalue weighted by atomic mass is 19.1. The van der Waals surface area contributed by atoms with Crippen LogP contribution in [0.5, 0.6) is 0 Å². The summed E-state index contributed by atoms with van der Waals surface area (Å²) in [5.74, 6) is -2.18. The van der Waals surface area contributed by atoms with Gasteiger partial charge in [0.25, 0.3) is 5.91 Å². The normalized spacial score (nSPS) is 15.7. The summed E-state index contributed by atoms with van der Waals surface area (Å²) in [5.41, 5.74) is -0.667. The van der Waals surface area contributed by atoms with Crippen molar-refractivity contribution in [3.8, 4) is 0 Å². The summed E-state index contributed by atoms with van der Waals surface area (Å²) in [5, 5.41) is 9.88. The third-order valence-electron chi connectivity index (χ3n) is 3.81. The molecule has 5 nitrogen and oxygen atoms in total. The van der Waals surface area contributed by atoms with E-state index < -0.39 is 23.1 Å². The highest BCUT2D eigenvalue weighted by Gasteiger charge is 2.23. The van der Waals surface area contributed by atoms with Crippen LogP contribution < -0.4 is 5.32 Å². The molecule has 0 radical (unpaired) electrons. The Kier molecular flexibility index (Phi) is 4.13. The number of halogens is 2. The molecule has 1 saturated carbocycles. The summed E-state index contributed by atoms with van der Waals surface area (Å²) in [6.07, 6.45) is 5.35. The molecule has 0 saturated heterocycles. The molecule has 1 fully saturated rings. The second kappa shape index (κ2) is 6.21. The van der Waals surface area contributed by atoms with Crippen molar-refractivity contribution >= 4 is 11.9 Å². The van der Waals surface area contributed by atoms with E-state index in [1.54, 1.807) is 0 Å². The van der Waals surface area contributed by atoms with E-state index >= 15 is 0 Å². The fraction of sp³-hybridized carbons (Fsp3) is 0.400. The first kappa shape index (κ1) is 14.6. The topological polar surface area (TPSA) is 68.0 Å². The molecular weight excluding hydrogens is 292 g/mol. The van der Waals surface area contributed by atoms with Gasteiger partial charge in [-0.05, 0) is 25.0 Å². The van der Waals surface area contributed by atoms with Crippen LogP contribution in [0.4, 0.5) is 14.8 Å². The van der Waals surface area contributed by atoms with Crippen LogP contribution in [0, 0.1) is 11.6 Å². The van der Waals surface area contributed by atoms with E-state index in [1.807, 2.05) is 0 Å². The van der Waals surface area contributed by atoms with Gasteiger partial charge in [0, 0.05) is 5.92 Å². The van der Waals surface area contributed by atoms with Crippen molar-refractivity contribution in [2.75, 3.05) is 5.32 Å². The van der Waals surface area contributed by atoms with E-state index in [9.17, 15) is 13.6 Å². The van der Waals surface area contributed by atoms with E-state index in [1.165, 1.54) is 12.5 Å². The summed E-state index contributed by atoms with van der Waals surface area (Å²) in [6.45, 7) is 0. The van der Waals surface area contributed by atoms with Gasteiger partial charge in [-0.15, -0.1) is 5.10 Å². The maximum Gasteiger partial charge on any atom is 0.322 e. The van der Waals surface area contributed by atoms with E-state index in [0.717, 1.165) is 37.8 Å². The molecule has 1 aliphatic rings. The predicted molar refractivity (Wildman–Crippen MR) is 74.4 cm³/mol. The maximum atomic E-state index is 13.5.